The van der Waals surface area contributed by atoms with Crippen LogP contribution in [0.5, 0.6) is 0 Å². The highest BCUT2D eigenvalue weighted by Crippen LogP contribution is 2.14. The molecule has 0 atom stereocenters. The maximum atomic E-state index is 5.95. The largest absolute Gasteiger partial charge is 0.385 e. The van der Waals surface area contributed by atoms with Crippen LogP contribution < -0.4 is 11.1 Å². The highest BCUT2D eigenvalue weighted by atomic mass is 14.9. The second kappa shape index (κ2) is 6.79. The number of benzene rings is 1. The SMILES string of the molecule is CC(C)Cc1ccc(NCCCC(C)(C)N)cc1. The molecule has 0 aliphatic rings. The summed E-state index contributed by atoms with van der Waals surface area (Å²) in [4.78, 5) is 0. The summed E-state index contributed by atoms with van der Waals surface area (Å²) < 4.78 is 0. The van der Waals surface area contributed by atoms with Gasteiger partial charge in [-0.3, -0.25) is 0 Å². The average molecular weight is 248 g/mol. The molecule has 0 bridgehead atoms. The van der Waals surface area contributed by atoms with Gasteiger partial charge in [0.15, 0.2) is 0 Å². The summed E-state index contributed by atoms with van der Waals surface area (Å²) in [7, 11) is 0. The third-order valence-corrected chi connectivity index (χ3v) is 2.92. The first-order valence-electron chi connectivity index (χ1n) is 6.98. The summed E-state index contributed by atoms with van der Waals surface area (Å²) in [6.45, 7) is 9.65. The van der Waals surface area contributed by atoms with Gasteiger partial charge in [-0.25, -0.2) is 0 Å². The van der Waals surface area contributed by atoms with Crippen molar-refractivity contribution in [3.8, 4) is 0 Å². The fraction of sp³-hybridized carbons (Fsp3) is 0.625. The van der Waals surface area contributed by atoms with Crippen LogP contribution in [0, 0.1) is 5.92 Å². The van der Waals surface area contributed by atoms with Gasteiger partial charge in [0.1, 0.15) is 0 Å². The van der Waals surface area contributed by atoms with Crippen LogP contribution in [0.4, 0.5) is 5.69 Å². The van der Waals surface area contributed by atoms with Gasteiger partial charge in [-0.1, -0.05) is 26.0 Å². The third kappa shape index (κ3) is 6.65. The zero-order chi connectivity index (χ0) is 13.6. The monoisotopic (exact) mass is 248 g/mol. The van der Waals surface area contributed by atoms with Crippen molar-refractivity contribution < 1.29 is 0 Å². The van der Waals surface area contributed by atoms with Gasteiger partial charge >= 0.3 is 0 Å². The molecular formula is C16H28N2. The van der Waals surface area contributed by atoms with Gasteiger partial charge in [0.05, 0.1) is 0 Å². The minimum Gasteiger partial charge on any atom is -0.385 e. The lowest BCUT2D eigenvalue weighted by molar-refractivity contribution is 0.465. The Morgan fingerprint density at radius 2 is 1.78 bits per heavy atom. The molecule has 0 fully saturated rings. The second-order valence-electron chi connectivity index (χ2n) is 6.31. The zero-order valence-electron chi connectivity index (χ0n) is 12.3. The van der Waals surface area contributed by atoms with Crippen molar-refractivity contribution in [2.45, 2.75) is 52.5 Å². The second-order valence-corrected chi connectivity index (χ2v) is 6.31. The molecule has 2 heteroatoms. The van der Waals surface area contributed by atoms with Crippen molar-refractivity contribution in [3.63, 3.8) is 0 Å². The molecule has 0 amide bonds. The number of nitrogens with two attached hydrogens (primary N) is 1. The van der Waals surface area contributed by atoms with Gasteiger partial charge in [0, 0.05) is 17.8 Å². The first-order valence-corrected chi connectivity index (χ1v) is 6.98. The molecule has 0 heterocycles. The minimum atomic E-state index is -0.0528. The molecule has 0 saturated heterocycles. The van der Waals surface area contributed by atoms with E-state index in [1.807, 2.05) is 0 Å². The van der Waals surface area contributed by atoms with E-state index in [1.54, 1.807) is 0 Å². The summed E-state index contributed by atoms with van der Waals surface area (Å²) in [5.74, 6) is 0.718. The molecule has 0 saturated carbocycles. The predicted octanol–water partition coefficient (Wildman–Crippen LogP) is 3.81. The number of hydrogen-bond donors (Lipinski definition) is 2. The van der Waals surface area contributed by atoms with Crippen LogP contribution in [-0.4, -0.2) is 12.1 Å². The van der Waals surface area contributed by atoms with Crippen LogP contribution in [0.1, 0.15) is 46.1 Å². The van der Waals surface area contributed by atoms with Crippen molar-refractivity contribution in [1.82, 2.24) is 0 Å². The van der Waals surface area contributed by atoms with E-state index in [-0.39, 0.29) is 5.54 Å². The highest BCUT2D eigenvalue weighted by molar-refractivity contribution is 5.44. The lowest BCUT2D eigenvalue weighted by Gasteiger charge is -2.18. The van der Waals surface area contributed by atoms with Gasteiger partial charge < -0.3 is 11.1 Å². The number of hydrogen-bond acceptors (Lipinski definition) is 2. The van der Waals surface area contributed by atoms with Gasteiger partial charge in [0.2, 0.25) is 0 Å². The number of nitrogens with one attached hydrogen (secondary N) is 1. The molecule has 0 radical (unpaired) electrons. The topological polar surface area (TPSA) is 38.0 Å². The van der Waals surface area contributed by atoms with Crippen molar-refractivity contribution in [1.29, 1.82) is 0 Å². The summed E-state index contributed by atoms with van der Waals surface area (Å²) in [5.41, 5.74) is 8.52. The molecule has 3 N–H and O–H groups in total. The van der Waals surface area contributed by atoms with Crippen LogP contribution >= 0.6 is 0 Å². The Morgan fingerprint density at radius 1 is 1.17 bits per heavy atom. The van der Waals surface area contributed by atoms with Gasteiger partial charge in [-0.2, -0.15) is 0 Å². The molecule has 0 aromatic heterocycles. The quantitative estimate of drug-likeness (QED) is 0.720. The maximum Gasteiger partial charge on any atom is 0.0340 e. The van der Waals surface area contributed by atoms with Crippen LogP contribution in [0.3, 0.4) is 0 Å². The summed E-state index contributed by atoms with van der Waals surface area (Å²) >= 11 is 0. The lowest BCUT2D eigenvalue weighted by atomic mass is 10.0. The van der Waals surface area contributed by atoms with Crippen LogP contribution in [0.2, 0.25) is 0 Å². The smallest absolute Gasteiger partial charge is 0.0340 e. The van der Waals surface area contributed by atoms with E-state index in [9.17, 15) is 0 Å². The Bertz CT molecular complexity index is 333. The van der Waals surface area contributed by atoms with E-state index >= 15 is 0 Å². The van der Waals surface area contributed by atoms with Gasteiger partial charge in [-0.05, 0) is 56.7 Å². The first kappa shape index (κ1) is 15.0. The zero-order valence-corrected chi connectivity index (χ0v) is 12.3. The van der Waals surface area contributed by atoms with E-state index < -0.39 is 0 Å². The van der Waals surface area contributed by atoms with E-state index in [2.05, 4.69) is 57.3 Å². The molecule has 0 aliphatic heterocycles. The summed E-state index contributed by atoms with van der Waals surface area (Å²) in [6.07, 6.45) is 3.31. The fourth-order valence-electron chi connectivity index (χ4n) is 2.01. The molecule has 0 unspecified atom stereocenters. The molecule has 1 aromatic carbocycles. The fourth-order valence-corrected chi connectivity index (χ4v) is 2.01. The summed E-state index contributed by atoms with van der Waals surface area (Å²) in [5, 5.41) is 3.44. The molecule has 1 rings (SSSR count). The first-order chi connectivity index (χ1) is 8.37. The summed E-state index contributed by atoms with van der Waals surface area (Å²) in [6, 6.07) is 8.78. The predicted molar refractivity (Wildman–Crippen MR) is 81.0 cm³/mol. The maximum absolute atomic E-state index is 5.95. The van der Waals surface area contributed by atoms with Gasteiger partial charge in [0.25, 0.3) is 0 Å². The van der Waals surface area contributed by atoms with Crippen molar-refractivity contribution >= 4 is 5.69 Å². The third-order valence-electron chi connectivity index (χ3n) is 2.92. The molecule has 18 heavy (non-hydrogen) atoms. The normalized spacial score (nSPS) is 11.9. The molecule has 0 aliphatic carbocycles. The Balaban J connectivity index is 2.31. The molecule has 0 spiro atoms. The molecule has 2 nitrogen and oxygen atoms in total. The molecular weight excluding hydrogens is 220 g/mol. The Hall–Kier alpha value is -1.02. The van der Waals surface area contributed by atoms with E-state index in [1.165, 1.54) is 11.3 Å². The van der Waals surface area contributed by atoms with Crippen LogP contribution in [-0.2, 0) is 6.42 Å². The van der Waals surface area contributed by atoms with Crippen LogP contribution in [0.25, 0.3) is 0 Å². The van der Waals surface area contributed by atoms with Crippen molar-refractivity contribution in [2.24, 2.45) is 11.7 Å². The van der Waals surface area contributed by atoms with E-state index in [0.29, 0.717) is 0 Å². The van der Waals surface area contributed by atoms with E-state index in [0.717, 1.165) is 31.7 Å². The van der Waals surface area contributed by atoms with Crippen molar-refractivity contribution in [3.05, 3.63) is 29.8 Å². The number of rotatable bonds is 7. The van der Waals surface area contributed by atoms with E-state index in [4.69, 9.17) is 5.73 Å². The lowest BCUT2D eigenvalue weighted by Crippen LogP contribution is -2.32. The standard InChI is InChI=1S/C16H28N2/c1-13(2)12-14-6-8-15(9-7-14)18-11-5-10-16(3,4)17/h6-9,13,18H,5,10-12,17H2,1-4H3. The average Bonchev–Trinajstić information content (AvgIpc) is 2.24. The van der Waals surface area contributed by atoms with Crippen molar-refractivity contribution in [2.75, 3.05) is 11.9 Å². The Morgan fingerprint density at radius 3 is 2.28 bits per heavy atom. The van der Waals surface area contributed by atoms with Gasteiger partial charge in [-0.15, -0.1) is 0 Å². The highest BCUT2D eigenvalue weighted by Gasteiger charge is 2.08. The minimum absolute atomic E-state index is 0.0528. The molecule has 102 valence electrons. The Kier molecular flexibility index (Phi) is 5.67. The number of anilines is 1. The van der Waals surface area contributed by atoms with Crippen LogP contribution in [0.15, 0.2) is 24.3 Å². The Labute approximate surface area is 112 Å². The molecule has 1 aromatic rings.